The predicted octanol–water partition coefficient (Wildman–Crippen LogP) is 3.53. The molecule has 0 radical (unpaired) electrons. The maximum absolute atomic E-state index is 12.9. The normalized spacial score (nSPS) is 15.2. The van der Waals surface area contributed by atoms with Crippen LogP contribution in [0.3, 0.4) is 0 Å². The summed E-state index contributed by atoms with van der Waals surface area (Å²) >= 11 is 8.81. The number of benzene rings is 1. The topological polar surface area (TPSA) is 104 Å². The van der Waals surface area contributed by atoms with Gasteiger partial charge in [0, 0.05) is 25.3 Å². The van der Waals surface area contributed by atoms with Crippen LogP contribution in [0.2, 0.25) is 5.02 Å². The number of nitrogens with zero attached hydrogens (tertiary/aromatic N) is 3. The number of carbonyl (C=O) groups is 1. The Hall–Kier alpha value is -1.40. The summed E-state index contributed by atoms with van der Waals surface area (Å²) in [5.41, 5.74) is 0.390. The van der Waals surface area contributed by atoms with Gasteiger partial charge in [0.2, 0.25) is 21.1 Å². The van der Waals surface area contributed by atoms with Crippen LogP contribution in [0.25, 0.3) is 0 Å². The van der Waals surface area contributed by atoms with Crippen LogP contribution >= 0.6 is 34.7 Å². The van der Waals surface area contributed by atoms with Crippen molar-refractivity contribution in [1.29, 1.82) is 0 Å². The van der Waals surface area contributed by atoms with Gasteiger partial charge in [-0.2, -0.15) is 4.31 Å². The predicted molar refractivity (Wildman–Crippen MR) is 117 cm³/mol. The number of hydrogen-bond donors (Lipinski definition) is 2. The van der Waals surface area contributed by atoms with E-state index in [1.807, 2.05) is 6.92 Å². The number of aromatic nitrogens is 2. The van der Waals surface area contributed by atoms with Gasteiger partial charge in [0.05, 0.1) is 10.8 Å². The molecule has 0 spiro atoms. The van der Waals surface area contributed by atoms with Crippen molar-refractivity contribution in [2.75, 3.05) is 36.0 Å². The largest absolute Gasteiger partial charge is 0.360 e. The van der Waals surface area contributed by atoms with E-state index in [-0.39, 0.29) is 21.6 Å². The number of piperidine rings is 1. The lowest BCUT2D eigenvalue weighted by atomic mass is 10.2. The molecule has 0 bridgehead atoms. The van der Waals surface area contributed by atoms with Crippen molar-refractivity contribution in [2.24, 2.45) is 0 Å². The molecule has 1 aromatic carbocycles. The van der Waals surface area contributed by atoms with E-state index >= 15 is 0 Å². The van der Waals surface area contributed by atoms with Gasteiger partial charge >= 0.3 is 0 Å². The molecule has 1 aromatic heterocycles. The highest BCUT2D eigenvalue weighted by molar-refractivity contribution is 8.01. The fraction of sp³-hybridized carbons (Fsp3) is 0.471. The van der Waals surface area contributed by atoms with Crippen molar-refractivity contribution in [1.82, 2.24) is 14.5 Å². The summed E-state index contributed by atoms with van der Waals surface area (Å²) in [5.74, 6) is -0.128. The highest BCUT2D eigenvalue weighted by atomic mass is 35.5. The molecular formula is C17H22ClN5O3S3. The molecule has 1 aliphatic heterocycles. The lowest BCUT2D eigenvalue weighted by molar-refractivity contribution is -0.113. The van der Waals surface area contributed by atoms with Crippen LogP contribution in [-0.4, -0.2) is 54.2 Å². The number of nitrogens with one attached hydrogen (secondary N) is 2. The third-order valence-corrected chi connectivity index (χ3v) is 8.60. The van der Waals surface area contributed by atoms with E-state index in [2.05, 4.69) is 20.8 Å². The molecule has 8 nitrogen and oxygen atoms in total. The lowest BCUT2D eigenvalue weighted by Crippen LogP contribution is -2.35. The van der Waals surface area contributed by atoms with Gasteiger partial charge < -0.3 is 10.6 Å². The molecule has 2 aromatic rings. The van der Waals surface area contributed by atoms with E-state index in [1.165, 1.54) is 39.5 Å². The zero-order chi connectivity index (χ0) is 20.9. The van der Waals surface area contributed by atoms with Crippen molar-refractivity contribution >= 4 is 61.4 Å². The second-order valence-electron chi connectivity index (χ2n) is 6.35. The van der Waals surface area contributed by atoms with Gasteiger partial charge in [0.15, 0.2) is 4.34 Å². The molecule has 2 N–H and O–H groups in total. The molecule has 0 aliphatic carbocycles. The van der Waals surface area contributed by atoms with Gasteiger partial charge in [-0.05, 0) is 38.0 Å². The third-order valence-electron chi connectivity index (χ3n) is 4.21. The maximum atomic E-state index is 12.9. The molecule has 29 heavy (non-hydrogen) atoms. The van der Waals surface area contributed by atoms with Crippen molar-refractivity contribution in [3.05, 3.63) is 23.2 Å². The molecule has 0 unspecified atom stereocenters. The zero-order valence-corrected chi connectivity index (χ0v) is 19.1. The molecule has 1 aliphatic rings. The number of anilines is 2. The number of rotatable bonds is 8. The molecule has 158 valence electrons. The molecule has 12 heteroatoms. The number of hydrogen-bond acceptors (Lipinski definition) is 8. The van der Waals surface area contributed by atoms with Gasteiger partial charge in [0.1, 0.15) is 4.90 Å². The molecular weight excluding hydrogens is 454 g/mol. The first-order valence-corrected chi connectivity index (χ1v) is 12.8. The highest BCUT2D eigenvalue weighted by Crippen LogP contribution is 2.30. The zero-order valence-electron chi connectivity index (χ0n) is 15.9. The van der Waals surface area contributed by atoms with Crippen LogP contribution in [0.15, 0.2) is 27.4 Å². The minimum absolute atomic E-state index is 0.0194. The fourth-order valence-electron chi connectivity index (χ4n) is 2.84. The summed E-state index contributed by atoms with van der Waals surface area (Å²) in [4.78, 5) is 12.3. The standard InChI is InChI=1S/C17H22ClN5O3S3/c1-2-19-16-21-22-17(28-16)27-11-15(24)20-12-6-7-13(18)14(10-12)29(25,26)23-8-4-3-5-9-23/h6-7,10H,2-5,8-9,11H2,1H3,(H,19,21)(H,20,24). The van der Waals surface area contributed by atoms with Crippen LogP contribution in [0.1, 0.15) is 26.2 Å². The smallest absolute Gasteiger partial charge is 0.244 e. The van der Waals surface area contributed by atoms with Gasteiger partial charge in [-0.1, -0.05) is 41.1 Å². The Kier molecular flexibility index (Phi) is 7.74. The number of sulfonamides is 1. The third kappa shape index (κ3) is 5.82. The first-order valence-electron chi connectivity index (χ1n) is 9.20. The minimum Gasteiger partial charge on any atom is -0.360 e. The number of halogens is 1. The summed E-state index contributed by atoms with van der Waals surface area (Å²) in [6.45, 7) is 3.69. The molecule has 1 saturated heterocycles. The van der Waals surface area contributed by atoms with Crippen molar-refractivity contribution in [2.45, 2.75) is 35.4 Å². The summed E-state index contributed by atoms with van der Waals surface area (Å²) in [6, 6.07) is 4.51. The second kappa shape index (κ2) is 10.1. The van der Waals surface area contributed by atoms with E-state index in [1.54, 1.807) is 6.07 Å². The Morgan fingerprint density at radius 2 is 2.03 bits per heavy atom. The average molecular weight is 476 g/mol. The molecule has 0 saturated carbocycles. The van der Waals surface area contributed by atoms with Crippen LogP contribution in [0.5, 0.6) is 0 Å². The van der Waals surface area contributed by atoms with Gasteiger partial charge in [-0.15, -0.1) is 10.2 Å². The lowest BCUT2D eigenvalue weighted by Gasteiger charge is -2.26. The highest BCUT2D eigenvalue weighted by Gasteiger charge is 2.28. The molecule has 2 heterocycles. The molecule has 0 atom stereocenters. The first-order chi connectivity index (χ1) is 13.9. The monoisotopic (exact) mass is 475 g/mol. The summed E-state index contributed by atoms with van der Waals surface area (Å²) in [6.07, 6.45) is 2.70. The Labute approximate surface area is 183 Å². The summed E-state index contributed by atoms with van der Waals surface area (Å²) < 4.78 is 28.0. The Morgan fingerprint density at radius 1 is 1.28 bits per heavy atom. The van der Waals surface area contributed by atoms with Gasteiger partial charge in [-0.25, -0.2) is 8.42 Å². The Balaban J connectivity index is 1.64. The SMILES string of the molecule is CCNc1nnc(SCC(=O)Nc2ccc(Cl)c(S(=O)(=O)N3CCCCC3)c2)s1. The van der Waals surface area contributed by atoms with E-state index < -0.39 is 10.0 Å². The average Bonchev–Trinajstić information content (AvgIpc) is 3.16. The van der Waals surface area contributed by atoms with Crippen LogP contribution in [-0.2, 0) is 14.8 Å². The quantitative estimate of drug-likeness (QED) is 0.562. The second-order valence-corrected chi connectivity index (χ2v) is 10.9. The Morgan fingerprint density at radius 3 is 2.76 bits per heavy atom. The van der Waals surface area contributed by atoms with Crippen LogP contribution in [0, 0.1) is 0 Å². The summed E-state index contributed by atoms with van der Waals surface area (Å²) in [5, 5.41) is 14.6. The van der Waals surface area contributed by atoms with Gasteiger partial charge in [0.25, 0.3) is 0 Å². The van der Waals surface area contributed by atoms with Crippen molar-refractivity contribution < 1.29 is 13.2 Å². The van der Waals surface area contributed by atoms with Crippen molar-refractivity contribution in [3.63, 3.8) is 0 Å². The van der Waals surface area contributed by atoms with E-state index in [0.29, 0.717) is 28.2 Å². The molecule has 1 amide bonds. The first kappa shape index (κ1) is 22.3. The van der Waals surface area contributed by atoms with Crippen LogP contribution in [0.4, 0.5) is 10.8 Å². The minimum atomic E-state index is -3.69. The Bertz CT molecular complexity index is 961. The van der Waals surface area contributed by atoms with Crippen LogP contribution < -0.4 is 10.6 Å². The number of thioether (sulfide) groups is 1. The number of carbonyl (C=O) groups excluding carboxylic acids is 1. The van der Waals surface area contributed by atoms with Crippen molar-refractivity contribution in [3.8, 4) is 0 Å². The van der Waals surface area contributed by atoms with E-state index in [9.17, 15) is 13.2 Å². The molecule has 1 fully saturated rings. The van der Waals surface area contributed by atoms with Gasteiger partial charge in [-0.3, -0.25) is 4.79 Å². The number of amides is 1. The van der Waals surface area contributed by atoms with E-state index in [0.717, 1.165) is 25.8 Å². The maximum Gasteiger partial charge on any atom is 0.244 e. The van der Waals surface area contributed by atoms with E-state index in [4.69, 9.17) is 11.6 Å². The molecule has 3 rings (SSSR count). The summed E-state index contributed by atoms with van der Waals surface area (Å²) in [7, 11) is -3.69. The fourth-order valence-corrected chi connectivity index (χ4v) is 6.48.